The lowest BCUT2D eigenvalue weighted by atomic mass is 10.1. The van der Waals surface area contributed by atoms with E-state index in [1.807, 2.05) is 38.1 Å². The van der Waals surface area contributed by atoms with Crippen molar-refractivity contribution in [3.63, 3.8) is 0 Å². The zero-order chi connectivity index (χ0) is 23.1. The first-order valence-electron chi connectivity index (χ1n) is 11.4. The fraction of sp³-hybridized carbons (Fsp3) is 0.458. The van der Waals surface area contributed by atoms with Gasteiger partial charge in [0.25, 0.3) is 0 Å². The summed E-state index contributed by atoms with van der Waals surface area (Å²) in [5.74, 6) is -0.187. The van der Waals surface area contributed by atoms with Crippen LogP contribution in [0.15, 0.2) is 53.4 Å². The molecular formula is C24H34N4O3S. The molecule has 8 heteroatoms. The van der Waals surface area contributed by atoms with Crippen molar-refractivity contribution < 1.29 is 13.2 Å². The molecule has 1 atom stereocenters. The average molecular weight is 459 g/mol. The van der Waals surface area contributed by atoms with Gasteiger partial charge >= 0.3 is 0 Å². The van der Waals surface area contributed by atoms with E-state index in [1.54, 1.807) is 31.2 Å². The predicted octanol–water partition coefficient (Wildman–Crippen LogP) is 4.15. The van der Waals surface area contributed by atoms with Crippen molar-refractivity contribution >= 4 is 33.0 Å². The largest absolute Gasteiger partial charge is 0.374 e. The second-order valence-electron chi connectivity index (χ2n) is 8.07. The highest BCUT2D eigenvalue weighted by molar-refractivity contribution is 7.89. The lowest BCUT2D eigenvalue weighted by Gasteiger charge is -2.28. The Kier molecular flexibility index (Phi) is 8.15. The van der Waals surface area contributed by atoms with Crippen LogP contribution in [0.2, 0.25) is 0 Å². The number of rotatable bonds is 9. The van der Waals surface area contributed by atoms with Gasteiger partial charge in [-0.25, -0.2) is 8.42 Å². The van der Waals surface area contributed by atoms with Crippen LogP contribution in [0.1, 0.15) is 40.0 Å². The van der Waals surface area contributed by atoms with E-state index in [0.717, 1.165) is 18.8 Å². The molecule has 2 aromatic carbocycles. The van der Waals surface area contributed by atoms with Crippen molar-refractivity contribution in [2.45, 2.75) is 51.0 Å². The van der Waals surface area contributed by atoms with Crippen LogP contribution in [0.25, 0.3) is 0 Å². The molecule has 1 aliphatic heterocycles. The molecule has 7 nitrogen and oxygen atoms in total. The molecule has 1 saturated heterocycles. The molecule has 3 rings (SSSR count). The SMILES string of the molecule is CCN(CC)S(=O)(=O)c1cccc(N[C@H](C)C(=O)Nc2ccc(N3CCCCC3)cc2)c1. The molecule has 0 radical (unpaired) electrons. The van der Waals surface area contributed by atoms with Gasteiger partial charge in [-0.3, -0.25) is 4.79 Å². The van der Waals surface area contributed by atoms with Crippen LogP contribution in [0.3, 0.4) is 0 Å². The molecule has 1 aliphatic rings. The van der Waals surface area contributed by atoms with E-state index in [1.165, 1.54) is 29.3 Å². The number of carbonyl (C=O) groups excluding carboxylic acids is 1. The second kappa shape index (κ2) is 10.8. The molecule has 174 valence electrons. The summed E-state index contributed by atoms with van der Waals surface area (Å²) in [6.07, 6.45) is 3.73. The second-order valence-corrected chi connectivity index (χ2v) is 10.0. The minimum Gasteiger partial charge on any atom is -0.374 e. The van der Waals surface area contributed by atoms with E-state index >= 15 is 0 Å². The summed E-state index contributed by atoms with van der Waals surface area (Å²) in [4.78, 5) is 15.3. The number of nitrogens with one attached hydrogen (secondary N) is 2. The molecule has 1 fully saturated rings. The summed E-state index contributed by atoms with van der Waals surface area (Å²) in [6, 6.07) is 14.0. The first-order valence-corrected chi connectivity index (χ1v) is 12.8. The molecule has 0 bridgehead atoms. The number of hydrogen-bond donors (Lipinski definition) is 2. The lowest BCUT2D eigenvalue weighted by molar-refractivity contribution is -0.116. The lowest BCUT2D eigenvalue weighted by Crippen LogP contribution is -2.32. The molecule has 1 amide bonds. The minimum absolute atomic E-state index is 0.187. The number of hydrogen-bond acceptors (Lipinski definition) is 5. The van der Waals surface area contributed by atoms with Crippen LogP contribution in [0.4, 0.5) is 17.1 Å². The van der Waals surface area contributed by atoms with Crippen molar-refractivity contribution in [2.75, 3.05) is 41.7 Å². The summed E-state index contributed by atoms with van der Waals surface area (Å²) < 4.78 is 26.9. The van der Waals surface area contributed by atoms with Crippen LogP contribution in [-0.4, -0.2) is 50.9 Å². The standard InChI is InChI=1S/C24H34N4O3S/c1-4-28(5-2)32(30,31)23-11-9-10-21(18-23)25-19(3)24(29)26-20-12-14-22(15-13-20)27-16-7-6-8-17-27/h9-15,18-19,25H,4-8,16-17H2,1-3H3,(H,26,29)/t19-/m1/s1. The topological polar surface area (TPSA) is 81.8 Å². The zero-order valence-electron chi connectivity index (χ0n) is 19.2. The van der Waals surface area contributed by atoms with E-state index in [-0.39, 0.29) is 10.8 Å². The van der Waals surface area contributed by atoms with Crippen LogP contribution < -0.4 is 15.5 Å². The number of anilines is 3. The Labute approximate surface area is 191 Å². The highest BCUT2D eigenvalue weighted by Crippen LogP contribution is 2.23. The van der Waals surface area contributed by atoms with Crippen LogP contribution >= 0.6 is 0 Å². The average Bonchev–Trinajstić information content (AvgIpc) is 2.81. The summed E-state index contributed by atoms with van der Waals surface area (Å²) in [7, 11) is -3.55. The maximum absolute atomic E-state index is 12.8. The summed E-state index contributed by atoms with van der Waals surface area (Å²) in [5, 5.41) is 6.04. The Bertz CT molecular complexity index is 998. The van der Waals surface area contributed by atoms with Gasteiger partial charge in [0.2, 0.25) is 15.9 Å². The smallest absolute Gasteiger partial charge is 0.246 e. The van der Waals surface area contributed by atoms with Crippen LogP contribution in [0.5, 0.6) is 0 Å². The van der Waals surface area contributed by atoms with Gasteiger partial charge < -0.3 is 15.5 Å². The maximum atomic E-state index is 12.8. The Morgan fingerprint density at radius 3 is 2.28 bits per heavy atom. The first kappa shape index (κ1) is 24.1. The number of sulfonamides is 1. The Hall–Kier alpha value is -2.58. The number of benzene rings is 2. The predicted molar refractivity (Wildman–Crippen MR) is 131 cm³/mol. The van der Waals surface area contributed by atoms with Crippen molar-refractivity contribution in [3.8, 4) is 0 Å². The van der Waals surface area contributed by atoms with Gasteiger partial charge in [-0.1, -0.05) is 19.9 Å². The van der Waals surface area contributed by atoms with Gasteiger partial charge in [0.15, 0.2) is 0 Å². The van der Waals surface area contributed by atoms with E-state index in [9.17, 15) is 13.2 Å². The van der Waals surface area contributed by atoms with Crippen molar-refractivity contribution in [1.29, 1.82) is 0 Å². The molecule has 0 saturated carbocycles. The van der Waals surface area contributed by atoms with E-state index < -0.39 is 16.1 Å². The molecule has 0 unspecified atom stereocenters. The maximum Gasteiger partial charge on any atom is 0.246 e. The number of carbonyl (C=O) groups is 1. The van der Waals surface area contributed by atoms with E-state index in [2.05, 4.69) is 15.5 Å². The minimum atomic E-state index is -3.55. The highest BCUT2D eigenvalue weighted by atomic mass is 32.2. The van der Waals surface area contributed by atoms with Gasteiger partial charge in [0.05, 0.1) is 4.90 Å². The fourth-order valence-corrected chi connectivity index (χ4v) is 5.44. The highest BCUT2D eigenvalue weighted by Gasteiger charge is 2.22. The van der Waals surface area contributed by atoms with Crippen LogP contribution in [-0.2, 0) is 14.8 Å². The Morgan fingerprint density at radius 1 is 1.00 bits per heavy atom. The molecule has 2 N–H and O–H groups in total. The third-order valence-corrected chi connectivity index (χ3v) is 7.86. The van der Waals surface area contributed by atoms with Crippen molar-refractivity contribution in [2.24, 2.45) is 0 Å². The molecular weight excluding hydrogens is 424 g/mol. The summed E-state index contributed by atoms with van der Waals surface area (Å²) in [6.45, 7) is 8.36. The van der Waals surface area contributed by atoms with Gasteiger partial charge in [-0.15, -0.1) is 0 Å². The quantitative estimate of drug-likeness (QED) is 0.590. The third-order valence-electron chi connectivity index (χ3n) is 5.81. The molecule has 2 aromatic rings. The molecule has 1 heterocycles. The van der Waals surface area contributed by atoms with Gasteiger partial charge in [-0.2, -0.15) is 4.31 Å². The third kappa shape index (κ3) is 5.81. The van der Waals surface area contributed by atoms with Gasteiger partial charge in [-0.05, 0) is 68.7 Å². The van der Waals surface area contributed by atoms with Gasteiger partial charge in [0, 0.05) is 43.2 Å². The Morgan fingerprint density at radius 2 is 1.66 bits per heavy atom. The van der Waals surface area contributed by atoms with Crippen molar-refractivity contribution in [3.05, 3.63) is 48.5 Å². The molecule has 0 aromatic heterocycles. The number of piperidine rings is 1. The van der Waals surface area contributed by atoms with E-state index in [0.29, 0.717) is 18.8 Å². The Balaban J connectivity index is 1.62. The van der Waals surface area contributed by atoms with Crippen LogP contribution in [0, 0.1) is 0 Å². The molecule has 0 spiro atoms. The number of nitrogens with zero attached hydrogens (tertiary/aromatic N) is 2. The summed E-state index contributed by atoms with van der Waals surface area (Å²) in [5.41, 5.74) is 2.50. The van der Waals surface area contributed by atoms with E-state index in [4.69, 9.17) is 0 Å². The normalized spacial score (nSPS) is 15.4. The monoisotopic (exact) mass is 458 g/mol. The van der Waals surface area contributed by atoms with Gasteiger partial charge in [0.1, 0.15) is 6.04 Å². The molecule has 32 heavy (non-hydrogen) atoms. The number of amides is 1. The van der Waals surface area contributed by atoms with Crippen molar-refractivity contribution in [1.82, 2.24) is 4.31 Å². The first-order chi connectivity index (χ1) is 15.3. The fourth-order valence-electron chi connectivity index (χ4n) is 3.93. The molecule has 0 aliphatic carbocycles. The summed E-state index contributed by atoms with van der Waals surface area (Å²) >= 11 is 0. The zero-order valence-corrected chi connectivity index (χ0v) is 20.0.